The number of pyridine rings is 1. The zero-order valence-electron chi connectivity index (χ0n) is 14.2. The van der Waals surface area contributed by atoms with Crippen molar-refractivity contribution in [1.82, 2.24) is 10.3 Å². The van der Waals surface area contributed by atoms with Crippen molar-refractivity contribution in [3.63, 3.8) is 0 Å². The highest BCUT2D eigenvalue weighted by molar-refractivity contribution is 14.0. The van der Waals surface area contributed by atoms with E-state index in [1.807, 2.05) is 18.3 Å². The molecular weight excluding hydrogens is 447 g/mol. The molecule has 2 aromatic rings. The quantitative estimate of drug-likeness (QED) is 0.366. The summed E-state index contributed by atoms with van der Waals surface area (Å²) in [5.41, 5.74) is 6.92. The average Bonchev–Trinajstić information content (AvgIpc) is 3.28. The van der Waals surface area contributed by atoms with E-state index in [1.165, 1.54) is 17.7 Å². The minimum atomic E-state index is 0. The minimum Gasteiger partial charge on any atom is -0.474 e. The molecule has 2 aromatic heterocycles. The number of rotatable bonds is 7. The summed E-state index contributed by atoms with van der Waals surface area (Å²) < 4.78 is 5.86. The topological polar surface area (TPSA) is 72.5 Å². The molecule has 1 aliphatic carbocycles. The highest BCUT2D eigenvalue weighted by atomic mass is 127. The van der Waals surface area contributed by atoms with E-state index in [9.17, 15) is 0 Å². The van der Waals surface area contributed by atoms with Gasteiger partial charge in [-0.3, -0.25) is 0 Å². The van der Waals surface area contributed by atoms with Crippen molar-refractivity contribution in [3.05, 3.63) is 46.3 Å². The van der Waals surface area contributed by atoms with Gasteiger partial charge in [-0.2, -0.15) is 0 Å². The van der Waals surface area contributed by atoms with Crippen molar-refractivity contribution >= 4 is 41.3 Å². The molecule has 136 valence electrons. The number of halogens is 1. The van der Waals surface area contributed by atoms with Crippen molar-refractivity contribution in [2.24, 2.45) is 10.7 Å². The third-order valence-electron chi connectivity index (χ3n) is 4.08. The number of ether oxygens (including phenoxy) is 1. The Bertz CT molecular complexity index is 640. The molecular formula is C18H25IN4OS. The van der Waals surface area contributed by atoms with E-state index in [-0.39, 0.29) is 24.0 Å². The molecule has 1 aliphatic rings. The van der Waals surface area contributed by atoms with Crippen LogP contribution in [0.5, 0.6) is 5.88 Å². The second kappa shape index (κ2) is 10.6. The zero-order valence-corrected chi connectivity index (χ0v) is 17.3. The summed E-state index contributed by atoms with van der Waals surface area (Å²) >= 11 is 1.76. The number of guanidine groups is 1. The summed E-state index contributed by atoms with van der Waals surface area (Å²) in [6.45, 7) is 1.32. The summed E-state index contributed by atoms with van der Waals surface area (Å²) in [7, 11) is 0. The van der Waals surface area contributed by atoms with Crippen molar-refractivity contribution in [1.29, 1.82) is 0 Å². The van der Waals surface area contributed by atoms with E-state index < -0.39 is 0 Å². The van der Waals surface area contributed by atoms with E-state index in [4.69, 9.17) is 10.5 Å². The number of aromatic nitrogens is 1. The van der Waals surface area contributed by atoms with Gasteiger partial charge in [-0.15, -0.1) is 35.3 Å². The third kappa shape index (κ3) is 6.81. The number of nitrogens with two attached hydrogens (primary N) is 1. The third-order valence-corrected chi connectivity index (χ3v) is 5.01. The highest BCUT2D eigenvalue weighted by Gasteiger charge is 2.16. The predicted molar refractivity (Wildman–Crippen MR) is 114 cm³/mol. The summed E-state index contributed by atoms with van der Waals surface area (Å²) in [4.78, 5) is 10.1. The van der Waals surface area contributed by atoms with Gasteiger partial charge in [-0.05, 0) is 49.1 Å². The Morgan fingerprint density at radius 3 is 2.84 bits per heavy atom. The van der Waals surface area contributed by atoms with Crippen LogP contribution in [0.1, 0.15) is 36.1 Å². The maximum Gasteiger partial charge on any atom is 0.213 e. The number of hydrogen-bond donors (Lipinski definition) is 2. The molecule has 0 bridgehead atoms. The highest BCUT2D eigenvalue weighted by Crippen LogP contribution is 2.22. The molecule has 2 heterocycles. The fourth-order valence-corrected chi connectivity index (χ4v) is 3.46. The number of hydrogen-bond acceptors (Lipinski definition) is 4. The number of nitrogens with one attached hydrogen (secondary N) is 1. The fraction of sp³-hybridized carbons (Fsp3) is 0.444. The van der Waals surface area contributed by atoms with Gasteiger partial charge in [-0.25, -0.2) is 9.98 Å². The Kier molecular flexibility index (Phi) is 8.47. The predicted octanol–water partition coefficient (Wildman–Crippen LogP) is 3.73. The van der Waals surface area contributed by atoms with Gasteiger partial charge < -0.3 is 15.8 Å². The van der Waals surface area contributed by atoms with E-state index in [0.717, 1.165) is 31.4 Å². The Labute approximate surface area is 170 Å². The molecule has 1 saturated carbocycles. The van der Waals surface area contributed by atoms with Crippen LogP contribution in [0.4, 0.5) is 0 Å². The molecule has 0 aromatic carbocycles. The molecule has 0 saturated heterocycles. The van der Waals surface area contributed by atoms with Gasteiger partial charge >= 0.3 is 0 Å². The lowest BCUT2D eigenvalue weighted by atomic mass is 10.3. The molecule has 1 fully saturated rings. The molecule has 0 atom stereocenters. The maximum absolute atomic E-state index is 5.90. The van der Waals surface area contributed by atoms with Crippen LogP contribution in [0.15, 0.2) is 40.8 Å². The van der Waals surface area contributed by atoms with E-state index >= 15 is 0 Å². The first kappa shape index (κ1) is 20.0. The molecule has 3 rings (SSSR count). The van der Waals surface area contributed by atoms with E-state index in [0.29, 0.717) is 24.5 Å². The summed E-state index contributed by atoms with van der Waals surface area (Å²) in [5.74, 6) is 1.18. The van der Waals surface area contributed by atoms with Gasteiger partial charge in [0, 0.05) is 23.7 Å². The second-order valence-corrected chi connectivity index (χ2v) is 7.02. The normalized spacial score (nSPS) is 15.0. The first-order valence-corrected chi connectivity index (χ1v) is 9.35. The van der Waals surface area contributed by atoms with Crippen LogP contribution in [0.3, 0.4) is 0 Å². The average molecular weight is 472 g/mol. The van der Waals surface area contributed by atoms with Crippen LogP contribution in [0, 0.1) is 0 Å². The second-order valence-electron chi connectivity index (χ2n) is 5.99. The SMILES string of the molecule is I.NC(=NCc1ccc(OC2CCCC2)nc1)NCCc1cccs1. The molecule has 7 heteroatoms. The number of nitrogens with zero attached hydrogens (tertiary/aromatic N) is 2. The van der Waals surface area contributed by atoms with Crippen LogP contribution < -0.4 is 15.8 Å². The number of aliphatic imine (C=N–C) groups is 1. The van der Waals surface area contributed by atoms with Gasteiger partial charge in [0.05, 0.1) is 6.54 Å². The standard InChI is InChI=1S/C18H24N4OS.HI/c19-18(20-10-9-16-6-3-11-24-16)22-13-14-7-8-17(21-12-14)23-15-4-1-2-5-15;/h3,6-8,11-12,15H,1-2,4-5,9-10,13H2,(H3,19,20,22);1H. The van der Waals surface area contributed by atoms with Gasteiger partial charge in [0.15, 0.2) is 5.96 Å². The molecule has 0 aliphatic heterocycles. The monoisotopic (exact) mass is 472 g/mol. The first-order valence-electron chi connectivity index (χ1n) is 8.47. The van der Waals surface area contributed by atoms with Crippen LogP contribution >= 0.6 is 35.3 Å². The minimum absolute atomic E-state index is 0. The molecule has 0 amide bonds. The number of thiophene rings is 1. The fourth-order valence-electron chi connectivity index (χ4n) is 2.75. The van der Waals surface area contributed by atoms with Crippen LogP contribution in [-0.4, -0.2) is 23.6 Å². The van der Waals surface area contributed by atoms with Gasteiger partial charge in [0.25, 0.3) is 0 Å². The van der Waals surface area contributed by atoms with Gasteiger partial charge in [-0.1, -0.05) is 12.1 Å². The molecule has 0 radical (unpaired) electrons. The van der Waals surface area contributed by atoms with E-state index in [2.05, 4.69) is 32.8 Å². The van der Waals surface area contributed by atoms with Gasteiger partial charge in [0.1, 0.15) is 6.10 Å². The largest absolute Gasteiger partial charge is 0.474 e. The summed E-state index contributed by atoms with van der Waals surface area (Å²) in [5, 5.41) is 5.22. The molecule has 0 unspecified atom stereocenters. The Balaban J connectivity index is 0.00000225. The lowest BCUT2D eigenvalue weighted by Crippen LogP contribution is -2.33. The Hall–Kier alpha value is -1.35. The lowest BCUT2D eigenvalue weighted by molar-refractivity contribution is 0.201. The van der Waals surface area contributed by atoms with Crippen molar-refractivity contribution in [2.45, 2.75) is 44.8 Å². The summed E-state index contributed by atoms with van der Waals surface area (Å²) in [6.07, 6.45) is 7.91. The van der Waals surface area contributed by atoms with Gasteiger partial charge in [0.2, 0.25) is 5.88 Å². The van der Waals surface area contributed by atoms with Crippen molar-refractivity contribution < 1.29 is 4.74 Å². The van der Waals surface area contributed by atoms with Crippen LogP contribution in [0.25, 0.3) is 0 Å². The Morgan fingerprint density at radius 2 is 2.16 bits per heavy atom. The molecule has 3 N–H and O–H groups in total. The van der Waals surface area contributed by atoms with Crippen molar-refractivity contribution in [3.8, 4) is 5.88 Å². The summed E-state index contributed by atoms with van der Waals surface area (Å²) in [6, 6.07) is 8.11. The van der Waals surface area contributed by atoms with Crippen LogP contribution in [0.2, 0.25) is 0 Å². The maximum atomic E-state index is 5.90. The van der Waals surface area contributed by atoms with Crippen LogP contribution in [-0.2, 0) is 13.0 Å². The zero-order chi connectivity index (χ0) is 16.6. The first-order chi connectivity index (χ1) is 11.8. The van der Waals surface area contributed by atoms with Crippen molar-refractivity contribution in [2.75, 3.05) is 6.54 Å². The Morgan fingerprint density at radius 1 is 1.32 bits per heavy atom. The molecule has 0 spiro atoms. The molecule has 5 nitrogen and oxygen atoms in total. The van der Waals surface area contributed by atoms with E-state index in [1.54, 1.807) is 11.3 Å². The smallest absolute Gasteiger partial charge is 0.213 e. The lowest BCUT2D eigenvalue weighted by Gasteiger charge is -2.11. The molecule has 25 heavy (non-hydrogen) atoms.